The molecule has 0 heterocycles. The SMILES string of the molecule is Cc1cc(C#N)cc(CBr)c1C(F)(F)F. The third-order valence-electron chi connectivity index (χ3n) is 1.97. The monoisotopic (exact) mass is 277 g/mol. The summed E-state index contributed by atoms with van der Waals surface area (Å²) in [5, 5.41) is 8.71. The lowest BCUT2D eigenvalue weighted by atomic mass is 9.99. The zero-order valence-electron chi connectivity index (χ0n) is 7.82. The van der Waals surface area contributed by atoms with E-state index in [9.17, 15) is 13.2 Å². The molecule has 0 aromatic heterocycles. The van der Waals surface area contributed by atoms with E-state index in [-0.39, 0.29) is 22.0 Å². The molecule has 0 unspecified atom stereocenters. The van der Waals surface area contributed by atoms with E-state index < -0.39 is 11.7 Å². The van der Waals surface area contributed by atoms with E-state index in [4.69, 9.17) is 5.26 Å². The molecule has 0 aliphatic carbocycles. The lowest BCUT2D eigenvalue weighted by Gasteiger charge is -2.14. The molecule has 0 bridgehead atoms. The Morgan fingerprint density at radius 3 is 2.40 bits per heavy atom. The van der Waals surface area contributed by atoms with Crippen molar-refractivity contribution < 1.29 is 13.2 Å². The molecule has 0 aliphatic rings. The minimum absolute atomic E-state index is 0.0796. The molecule has 80 valence electrons. The van der Waals surface area contributed by atoms with Crippen LogP contribution in [0.15, 0.2) is 12.1 Å². The summed E-state index contributed by atoms with van der Waals surface area (Å²) < 4.78 is 37.9. The van der Waals surface area contributed by atoms with Crippen LogP contribution in [0.5, 0.6) is 0 Å². The summed E-state index contributed by atoms with van der Waals surface area (Å²) in [6.45, 7) is 1.36. The Kier molecular flexibility index (Phi) is 3.40. The summed E-state index contributed by atoms with van der Waals surface area (Å²) in [4.78, 5) is 0. The third-order valence-corrected chi connectivity index (χ3v) is 2.58. The van der Waals surface area contributed by atoms with Gasteiger partial charge in [-0.15, -0.1) is 0 Å². The van der Waals surface area contributed by atoms with Gasteiger partial charge in [-0.05, 0) is 30.2 Å². The number of nitrogens with zero attached hydrogens (tertiary/aromatic N) is 1. The van der Waals surface area contributed by atoms with E-state index in [1.54, 1.807) is 0 Å². The normalized spacial score (nSPS) is 11.2. The molecule has 1 rings (SSSR count). The van der Waals surface area contributed by atoms with Gasteiger partial charge in [-0.25, -0.2) is 0 Å². The maximum atomic E-state index is 12.6. The lowest BCUT2D eigenvalue weighted by molar-refractivity contribution is -0.138. The molecule has 1 aromatic rings. The maximum Gasteiger partial charge on any atom is 0.416 e. The Labute approximate surface area is 93.6 Å². The number of hydrogen-bond donors (Lipinski definition) is 0. The molecule has 1 nitrogen and oxygen atoms in total. The van der Waals surface area contributed by atoms with Gasteiger partial charge in [0.05, 0.1) is 17.2 Å². The van der Waals surface area contributed by atoms with Crippen LogP contribution in [-0.4, -0.2) is 0 Å². The number of rotatable bonds is 1. The van der Waals surface area contributed by atoms with Crippen molar-refractivity contribution in [1.82, 2.24) is 0 Å². The van der Waals surface area contributed by atoms with Crippen LogP contribution in [0.1, 0.15) is 22.3 Å². The minimum Gasteiger partial charge on any atom is -0.192 e. The molecular formula is C10H7BrF3N. The molecule has 0 amide bonds. The summed E-state index contributed by atoms with van der Waals surface area (Å²) in [5.74, 6) is 0. The Morgan fingerprint density at radius 2 is 2.00 bits per heavy atom. The van der Waals surface area contributed by atoms with Gasteiger partial charge in [0, 0.05) is 5.33 Å². The van der Waals surface area contributed by atoms with Gasteiger partial charge in [0.15, 0.2) is 0 Å². The van der Waals surface area contributed by atoms with Crippen molar-refractivity contribution >= 4 is 15.9 Å². The fourth-order valence-electron chi connectivity index (χ4n) is 1.44. The number of nitriles is 1. The second-order valence-corrected chi connectivity index (χ2v) is 3.63. The van der Waals surface area contributed by atoms with E-state index >= 15 is 0 Å². The molecule has 5 heteroatoms. The Hall–Kier alpha value is -1.02. The van der Waals surface area contributed by atoms with Gasteiger partial charge >= 0.3 is 6.18 Å². The molecule has 0 N–H and O–H groups in total. The van der Waals surface area contributed by atoms with Crippen molar-refractivity contribution in [2.75, 3.05) is 0 Å². The van der Waals surface area contributed by atoms with Gasteiger partial charge in [0.2, 0.25) is 0 Å². The Bertz CT molecular complexity index is 418. The molecule has 15 heavy (non-hydrogen) atoms. The van der Waals surface area contributed by atoms with Crippen molar-refractivity contribution in [2.45, 2.75) is 18.4 Å². The quantitative estimate of drug-likeness (QED) is 0.717. The number of hydrogen-bond acceptors (Lipinski definition) is 1. The number of benzene rings is 1. The van der Waals surface area contributed by atoms with Crippen LogP contribution in [0.2, 0.25) is 0 Å². The van der Waals surface area contributed by atoms with Crippen LogP contribution in [-0.2, 0) is 11.5 Å². The summed E-state index contributed by atoms with van der Waals surface area (Å²) in [6.07, 6.45) is -4.37. The second-order valence-electron chi connectivity index (χ2n) is 3.07. The number of aryl methyl sites for hydroxylation is 1. The minimum atomic E-state index is -4.37. The van der Waals surface area contributed by atoms with Crippen molar-refractivity contribution in [3.63, 3.8) is 0 Å². The zero-order chi connectivity index (χ0) is 11.6. The van der Waals surface area contributed by atoms with Gasteiger partial charge in [-0.2, -0.15) is 18.4 Å². The van der Waals surface area contributed by atoms with Crippen molar-refractivity contribution in [2.24, 2.45) is 0 Å². The van der Waals surface area contributed by atoms with Crippen molar-refractivity contribution in [3.05, 3.63) is 34.4 Å². The summed E-state index contributed by atoms with van der Waals surface area (Å²) in [5.41, 5.74) is -0.233. The molecule has 0 radical (unpaired) electrons. The molecule has 0 aliphatic heterocycles. The summed E-state index contributed by atoms with van der Waals surface area (Å²) in [7, 11) is 0. The van der Waals surface area contributed by atoms with Crippen LogP contribution >= 0.6 is 15.9 Å². The average Bonchev–Trinajstić information content (AvgIpc) is 2.14. The lowest BCUT2D eigenvalue weighted by Crippen LogP contribution is -2.11. The van der Waals surface area contributed by atoms with Crippen molar-refractivity contribution in [1.29, 1.82) is 5.26 Å². The number of halogens is 4. The standard InChI is InChI=1S/C10H7BrF3N/c1-6-2-7(5-15)3-8(4-11)9(6)10(12,13)14/h2-3H,4H2,1H3. The van der Waals surface area contributed by atoms with Crippen molar-refractivity contribution in [3.8, 4) is 6.07 Å². The van der Waals surface area contributed by atoms with Crippen LogP contribution in [0.25, 0.3) is 0 Å². The fourth-order valence-corrected chi connectivity index (χ4v) is 1.88. The van der Waals surface area contributed by atoms with Gasteiger partial charge in [0.1, 0.15) is 0 Å². The van der Waals surface area contributed by atoms with Crippen LogP contribution < -0.4 is 0 Å². The van der Waals surface area contributed by atoms with E-state index in [1.165, 1.54) is 19.1 Å². The topological polar surface area (TPSA) is 23.8 Å². The first kappa shape index (κ1) is 12.1. The van der Waals surface area contributed by atoms with Gasteiger partial charge in [-0.1, -0.05) is 15.9 Å². The largest absolute Gasteiger partial charge is 0.416 e. The highest BCUT2D eigenvalue weighted by atomic mass is 79.9. The smallest absolute Gasteiger partial charge is 0.192 e. The summed E-state index contributed by atoms with van der Waals surface area (Å²) >= 11 is 2.99. The van der Waals surface area contributed by atoms with Crippen LogP contribution in [0, 0.1) is 18.3 Å². The average molecular weight is 278 g/mol. The highest BCUT2D eigenvalue weighted by molar-refractivity contribution is 9.08. The highest BCUT2D eigenvalue weighted by Gasteiger charge is 2.34. The third kappa shape index (κ3) is 2.51. The second kappa shape index (κ2) is 4.23. The molecule has 0 saturated carbocycles. The highest BCUT2D eigenvalue weighted by Crippen LogP contribution is 2.35. The summed E-state index contributed by atoms with van der Waals surface area (Å²) in [6, 6.07) is 4.33. The van der Waals surface area contributed by atoms with Crippen LogP contribution in [0.3, 0.4) is 0 Å². The molecular weight excluding hydrogens is 271 g/mol. The van der Waals surface area contributed by atoms with E-state index in [2.05, 4.69) is 15.9 Å². The Morgan fingerprint density at radius 1 is 1.40 bits per heavy atom. The maximum absolute atomic E-state index is 12.6. The van der Waals surface area contributed by atoms with Gasteiger partial charge in [-0.3, -0.25) is 0 Å². The number of alkyl halides is 4. The molecule has 0 saturated heterocycles. The predicted molar refractivity (Wildman–Crippen MR) is 53.5 cm³/mol. The van der Waals surface area contributed by atoms with Gasteiger partial charge < -0.3 is 0 Å². The van der Waals surface area contributed by atoms with E-state index in [0.717, 1.165) is 0 Å². The molecule has 0 atom stereocenters. The van der Waals surface area contributed by atoms with Crippen LogP contribution in [0.4, 0.5) is 13.2 Å². The first-order chi connectivity index (χ1) is 6.90. The molecule has 0 spiro atoms. The van der Waals surface area contributed by atoms with Gasteiger partial charge in [0.25, 0.3) is 0 Å². The van der Waals surface area contributed by atoms with E-state index in [1.807, 2.05) is 6.07 Å². The Balaban J connectivity index is 3.46. The first-order valence-electron chi connectivity index (χ1n) is 4.07. The zero-order valence-corrected chi connectivity index (χ0v) is 9.41. The fraction of sp³-hybridized carbons (Fsp3) is 0.300. The molecule has 1 aromatic carbocycles. The predicted octanol–water partition coefficient (Wildman–Crippen LogP) is 3.78. The molecule has 0 fully saturated rings. The first-order valence-corrected chi connectivity index (χ1v) is 5.19. The van der Waals surface area contributed by atoms with E-state index in [0.29, 0.717) is 0 Å².